The van der Waals surface area contributed by atoms with Gasteiger partial charge in [-0.25, -0.2) is 0 Å². The van der Waals surface area contributed by atoms with E-state index in [0.29, 0.717) is 6.42 Å². The molecule has 24 heavy (non-hydrogen) atoms. The predicted molar refractivity (Wildman–Crippen MR) is 97.6 cm³/mol. The summed E-state index contributed by atoms with van der Waals surface area (Å²) in [7, 11) is 0. The molecule has 1 rings (SSSR count). The van der Waals surface area contributed by atoms with E-state index in [-0.39, 0.29) is 24.5 Å². The molecule has 0 saturated heterocycles. The molecule has 0 heterocycles. The summed E-state index contributed by atoms with van der Waals surface area (Å²) in [5.41, 5.74) is 0. The van der Waals surface area contributed by atoms with Gasteiger partial charge in [0.1, 0.15) is 0 Å². The largest absolute Gasteiger partial charge is 0.396 e. The fraction of sp³-hybridized carbons (Fsp3) is 0.800. The first kappa shape index (κ1) is 21.4. The topological polar surface area (TPSA) is 80.9 Å². The van der Waals surface area contributed by atoms with Crippen LogP contribution in [0.3, 0.4) is 0 Å². The van der Waals surface area contributed by atoms with Crippen molar-refractivity contribution in [1.82, 2.24) is 0 Å². The Morgan fingerprint density at radius 1 is 0.917 bits per heavy atom. The zero-order valence-corrected chi connectivity index (χ0v) is 15.1. The van der Waals surface area contributed by atoms with E-state index in [0.717, 1.165) is 51.4 Å². The van der Waals surface area contributed by atoms with Crippen LogP contribution in [0.2, 0.25) is 0 Å². The van der Waals surface area contributed by atoms with Crippen LogP contribution in [0.25, 0.3) is 0 Å². The van der Waals surface area contributed by atoms with Crippen molar-refractivity contribution in [2.45, 2.75) is 83.0 Å². The summed E-state index contributed by atoms with van der Waals surface area (Å²) in [6.07, 6.45) is 14.5. The molecule has 0 amide bonds. The zero-order valence-electron chi connectivity index (χ0n) is 15.1. The molecule has 4 nitrogen and oxygen atoms in total. The maximum Gasteiger partial charge on any atom is 0.0599 e. The Morgan fingerprint density at radius 3 is 2.04 bits per heavy atom. The molecule has 4 N–H and O–H groups in total. The predicted octanol–water partition coefficient (Wildman–Crippen LogP) is 2.95. The van der Waals surface area contributed by atoms with Crippen LogP contribution in [0.15, 0.2) is 24.3 Å². The van der Waals surface area contributed by atoms with Crippen molar-refractivity contribution in [2.24, 2.45) is 11.8 Å². The summed E-state index contributed by atoms with van der Waals surface area (Å²) in [4.78, 5) is 0. The number of aliphatic hydroxyl groups excluding tert-OH is 4. The molecule has 1 saturated carbocycles. The van der Waals surface area contributed by atoms with Crippen molar-refractivity contribution < 1.29 is 20.4 Å². The van der Waals surface area contributed by atoms with E-state index in [1.807, 2.05) is 6.92 Å². The maximum atomic E-state index is 10.2. The van der Waals surface area contributed by atoms with Crippen LogP contribution < -0.4 is 0 Å². The number of unbranched alkanes of at least 4 members (excludes halogenated alkanes) is 2. The van der Waals surface area contributed by atoms with Gasteiger partial charge < -0.3 is 20.4 Å². The van der Waals surface area contributed by atoms with Gasteiger partial charge in [-0.3, -0.25) is 0 Å². The molecule has 0 aromatic heterocycles. The number of rotatable bonds is 12. The van der Waals surface area contributed by atoms with Gasteiger partial charge in [0.25, 0.3) is 0 Å². The zero-order chi connectivity index (χ0) is 17.8. The lowest BCUT2D eigenvalue weighted by Crippen LogP contribution is -2.21. The van der Waals surface area contributed by atoms with E-state index in [4.69, 9.17) is 5.11 Å². The van der Waals surface area contributed by atoms with Crippen molar-refractivity contribution in [1.29, 1.82) is 0 Å². The minimum Gasteiger partial charge on any atom is -0.396 e. The van der Waals surface area contributed by atoms with Crippen molar-refractivity contribution in [2.75, 3.05) is 6.61 Å². The summed E-state index contributed by atoms with van der Waals surface area (Å²) < 4.78 is 0. The molecule has 0 spiro atoms. The summed E-state index contributed by atoms with van der Waals surface area (Å²) >= 11 is 0. The lowest BCUT2D eigenvalue weighted by molar-refractivity contribution is 0.118. The van der Waals surface area contributed by atoms with Crippen molar-refractivity contribution in [3.05, 3.63) is 24.3 Å². The molecule has 1 aliphatic rings. The Kier molecular flexibility index (Phi) is 11.3. The summed E-state index contributed by atoms with van der Waals surface area (Å²) in [5.74, 6) is 0.217. The standard InChI is InChI=1S/C20H36O4/c1-2-16(22)11-7-6-9-13-18-17(19(23)15-20(18)24)12-8-4-3-5-10-14-21/h4,6,8-9,16-24H,2-3,5,7,10-15H2,1H3/b8-4-,9-6+/t16?,17?,18?,19-,20+/m0/s1. The molecule has 1 aliphatic carbocycles. The lowest BCUT2D eigenvalue weighted by atomic mass is 9.87. The molecule has 0 bridgehead atoms. The molecule has 1 fully saturated rings. The number of hydrogen-bond acceptors (Lipinski definition) is 4. The van der Waals surface area contributed by atoms with E-state index >= 15 is 0 Å². The van der Waals surface area contributed by atoms with E-state index in [1.54, 1.807) is 0 Å². The molecular weight excluding hydrogens is 304 g/mol. The Bertz CT molecular complexity index is 367. The van der Waals surface area contributed by atoms with E-state index in [9.17, 15) is 15.3 Å². The van der Waals surface area contributed by atoms with E-state index < -0.39 is 12.2 Å². The van der Waals surface area contributed by atoms with Crippen molar-refractivity contribution >= 4 is 0 Å². The monoisotopic (exact) mass is 340 g/mol. The first-order valence-corrected chi connectivity index (χ1v) is 9.55. The third-order valence-corrected chi connectivity index (χ3v) is 5.09. The fourth-order valence-electron chi connectivity index (χ4n) is 3.44. The second-order valence-corrected chi connectivity index (χ2v) is 6.97. The molecule has 140 valence electrons. The summed E-state index contributed by atoms with van der Waals surface area (Å²) in [5, 5.41) is 38.7. The minimum atomic E-state index is -0.432. The van der Waals surface area contributed by atoms with Gasteiger partial charge in [0.15, 0.2) is 0 Å². The summed E-state index contributed by atoms with van der Waals surface area (Å²) in [6, 6.07) is 0. The lowest BCUT2D eigenvalue weighted by Gasteiger charge is -2.21. The van der Waals surface area contributed by atoms with Crippen LogP contribution in [-0.4, -0.2) is 45.3 Å². The molecular formula is C20H36O4. The highest BCUT2D eigenvalue weighted by Gasteiger charge is 2.39. The van der Waals surface area contributed by atoms with Gasteiger partial charge in [-0.15, -0.1) is 0 Å². The summed E-state index contributed by atoms with van der Waals surface area (Å²) in [6.45, 7) is 2.22. The van der Waals surface area contributed by atoms with Crippen LogP contribution in [0.1, 0.15) is 64.7 Å². The van der Waals surface area contributed by atoms with E-state index in [2.05, 4.69) is 24.3 Å². The van der Waals surface area contributed by atoms with Gasteiger partial charge in [-0.05, 0) is 69.6 Å². The number of allylic oxidation sites excluding steroid dienone is 4. The average Bonchev–Trinajstić information content (AvgIpc) is 2.83. The average molecular weight is 341 g/mol. The van der Waals surface area contributed by atoms with Gasteiger partial charge in [0.05, 0.1) is 18.3 Å². The smallest absolute Gasteiger partial charge is 0.0599 e. The highest BCUT2D eigenvalue weighted by Crippen LogP contribution is 2.37. The van der Waals surface area contributed by atoms with Gasteiger partial charge in [-0.1, -0.05) is 31.2 Å². The second-order valence-electron chi connectivity index (χ2n) is 6.97. The number of aliphatic hydroxyl groups is 4. The van der Waals surface area contributed by atoms with Crippen LogP contribution in [-0.2, 0) is 0 Å². The molecule has 5 atom stereocenters. The van der Waals surface area contributed by atoms with Gasteiger partial charge in [-0.2, -0.15) is 0 Å². The Labute approximate surface area is 146 Å². The van der Waals surface area contributed by atoms with Crippen LogP contribution in [0.5, 0.6) is 0 Å². The van der Waals surface area contributed by atoms with Crippen LogP contribution in [0, 0.1) is 11.8 Å². The van der Waals surface area contributed by atoms with Crippen molar-refractivity contribution in [3.8, 4) is 0 Å². The normalized spacial score (nSPS) is 29.0. The highest BCUT2D eigenvalue weighted by atomic mass is 16.3. The quantitative estimate of drug-likeness (QED) is 0.325. The minimum absolute atomic E-state index is 0.106. The number of hydrogen-bond donors (Lipinski definition) is 4. The fourth-order valence-corrected chi connectivity index (χ4v) is 3.44. The Balaban J connectivity index is 2.37. The molecule has 0 radical (unpaired) electrons. The third-order valence-electron chi connectivity index (χ3n) is 5.09. The van der Waals surface area contributed by atoms with Crippen LogP contribution in [0.4, 0.5) is 0 Å². The van der Waals surface area contributed by atoms with Gasteiger partial charge in [0, 0.05) is 6.61 Å². The second kappa shape index (κ2) is 12.6. The SMILES string of the molecule is CCC(O)CC/C=C/CC1C(C/C=C\CCCCO)[C@@H](O)C[C@H]1O. The molecule has 0 aromatic carbocycles. The maximum absolute atomic E-state index is 10.2. The molecule has 3 unspecified atom stereocenters. The van der Waals surface area contributed by atoms with Gasteiger partial charge >= 0.3 is 0 Å². The molecule has 4 heteroatoms. The molecule has 0 aromatic rings. The Hall–Kier alpha value is -0.680. The highest BCUT2D eigenvalue weighted by molar-refractivity contribution is 4.99. The Morgan fingerprint density at radius 2 is 1.50 bits per heavy atom. The third kappa shape index (κ3) is 7.93. The van der Waals surface area contributed by atoms with E-state index in [1.165, 1.54) is 0 Å². The molecule has 0 aliphatic heterocycles. The van der Waals surface area contributed by atoms with Gasteiger partial charge in [0.2, 0.25) is 0 Å². The van der Waals surface area contributed by atoms with Crippen LogP contribution >= 0.6 is 0 Å². The first-order chi connectivity index (χ1) is 11.6. The van der Waals surface area contributed by atoms with Crippen molar-refractivity contribution in [3.63, 3.8) is 0 Å². The first-order valence-electron chi connectivity index (χ1n) is 9.55.